The Morgan fingerprint density at radius 1 is 1.00 bits per heavy atom. The molecule has 0 unspecified atom stereocenters. The molecule has 27 heavy (non-hydrogen) atoms. The zero-order valence-electron chi connectivity index (χ0n) is 16.3. The fraction of sp³-hybridized carbons (Fsp3) is 0.364. The molecule has 0 saturated carbocycles. The lowest BCUT2D eigenvalue weighted by Gasteiger charge is -2.10. The minimum absolute atomic E-state index is 0.161. The number of hydrazone groups is 1. The third kappa shape index (κ3) is 6.44. The van der Waals surface area contributed by atoms with E-state index in [9.17, 15) is 4.79 Å². The molecule has 0 radical (unpaired) electrons. The molecular formula is C22H28N2O3. The van der Waals surface area contributed by atoms with Crippen molar-refractivity contribution in [3.63, 3.8) is 0 Å². The van der Waals surface area contributed by atoms with Gasteiger partial charge in [-0.2, -0.15) is 5.10 Å². The third-order valence-electron chi connectivity index (χ3n) is 4.25. The summed E-state index contributed by atoms with van der Waals surface area (Å²) in [5.74, 6) is 1.09. The Labute approximate surface area is 161 Å². The van der Waals surface area contributed by atoms with Gasteiger partial charge in [-0.25, -0.2) is 5.43 Å². The van der Waals surface area contributed by atoms with Crippen LogP contribution in [0.5, 0.6) is 11.5 Å². The van der Waals surface area contributed by atoms with Gasteiger partial charge in [-0.05, 0) is 36.1 Å². The lowest BCUT2D eigenvalue weighted by molar-refractivity contribution is -0.120. The number of rotatable bonds is 10. The van der Waals surface area contributed by atoms with Crippen LogP contribution in [-0.4, -0.2) is 25.8 Å². The Hall–Kier alpha value is -2.82. The third-order valence-corrected chi connectivity index (χ3v) is 4.25. The minimum Gasteiger partial charge on any atom is -0.493 e. The van der Waals surface area contributed by atoms with E-state index >= 15 is 0 Å². The van der Waals surface area contributed by atoms with Crippen molar-refractivity contribution in [2.45, 2.75) is 39.0 Å². The SMILES string of the molecule is CCCCC/C(=N/NC(=O)Cc1ccc(OC)c(OC)c1)c1ccccc1. The average Bonchev–Trinajstić information content (AvgIpc) is 2.71. The normalized spacial score (nSPS) is 11.1. The highest BCUT2D eigenvalue weighted by molar-refractivity contribution is 6.01. The highest BCUT2D eigenvalue weighted by Gasteiger charge is 2.09. The van der Waals surface area contributed by atoms with E-state index in [2.05, 4.69) is 17.5 Å². The smallest absolute Gasteiger partial charge is 0.244 e. The quantitative estimate of drug-likeness (QED) is 0.385. The zero-order chi connectivity index (χ0) is 19.5. The Kier molecular flexibility index (Phi) is 8.36. The molecule has 2 aromatic rings. The maximum absolute atomic E-state index is 12.3. The Bertz CT molecular complexity index is 757. The fourth-order valence-corrected chi connectivity index (χ4v) is 2.78. The van der Waals surface area contributed by atoms with E-state index in [1.54, 1.807) is 20.3 Å². The highest BCUT2D eigenvalue weighted by atomic mass is 16.5. The van der Waals surface area contributed by atoms with Gasteiger partial charge in [-0.1, -0.05) is 56.2 Å². The second-order valence-corrected chi connectivity index (χ2v) is 6.28. The summed E-state index contributed by atoms with van der Waals surface area (Å²) in [6.07, 6.45) is 4.41. The largest absolute Gasteiger partial charge is 0.493 e. The van der Waals surface area contributed by atoms with Gasteiger partial charge in [0.15, 0.2) is 11.5 Å². The van der Waals surface area contributed by atoms with Crippen molar-refractivity contribution < 1.29 is 14.3 Å². The van der Waals surface area contributed by atoms with Gasteiger partial charge in [0.05, 0.1) is 26.4 Å². The number of benzene rings is 2. The van der Waals surface area contributed by atoms with Crippen molar-refractivity contribution in [3.8, 4) is 11.5 Å². The molecule has 0 heterocycles. The van der Waals surface area contributed by atoms with Gasteiger partial charge in [0.1, 0.15) is 0 Å². The first-order valence-electron chi connectivity index (χ1n) is 9.29. The second-order valence-electron chi connectivity index (χ2n) is 6.28. The van der Waals surface area contributed by atoms with Gasteiger partial charge in [0.2, 0.25) is 5.91 Å². The van der Waals surface area contributed by atoms with Crippen LogP contribution in [-0.2, 0) is 11.2 Å². The molecular weight excluding hydrogens is 340 g/mol. The van der Waals surface area contributed by atoms with Crippen molar-refractivity contribution in [1.29, 1.82) is 0 Å². The summed E-state index contributed by atoms with van der Waals surface area (Å²) in [5.41, 5.74) is 5.49. The average molecular weight is 368 g/mol. The molecule has 0 aliphatic carbocycles. The van der Waals surface area contributed by atoms with E-state index in [4.69, 9.17) is 9.47 Å². The molecule has 0 saturated heterocycles. The molecule has 0 bridgehead atoms. The number of unbranched alkanes of at least 4 members (excludes halogenated alkanes) is 2. The molecule has 5 heteroatoms. The van der Waals surface area contributed by atoms with Crippen LogP contribution < -0.4 is 14.9 Å². The molecule has 144 valence electrons. The number of nitrogens with zero attached hydrogens (tertiary/aromatic N) is 1. The minimum atomic E-state index is -0.161. The summed E-state index contributed by atoms with van der Waals surface area (Å²) in [4.78, 5) is 12.3. The van der Waals surface area contributed by atoms with Gasteiger partial charge in [-0.3, -0.25) is 4.79 Å². The first-order valence-corrected chi connectivity index (χ1v) is 9.29. The molecule has 0 aliphatic heterocycles. The monoisotopic (exact) mass is 368 g/mol. The van der Waals surface area contributed by atoms with Crippen LogP contribution in [0, 0.1) is 0 Å². The molecule has 0 aliphatic rings. The number of hydrogen-bond donors (Lipinski definition) is 1. The summed E-state index contributed by atoms with van der Waals surface area (Å²) >= 11 is 0. The molecule has 1 amide bonds. The molecule has 2 rings (SSSR count). The van der Waals surface area contributed by atoms with Crippen LogP contribution in [0.1, 0.15) is 43.7 Å². The van der Waals surface area contributed by atoms with Gasteiger partial charge >= 0.3 is 0 Å². The second kappa shape index (κ2) is 11.0. The molecule has 2 aromatic carbocycles. The van der Waals surface area contributed by atoms with Crippen molar-refractivity contribution in [2.24, 2.45) is 5.10 Å². The van der Waals surface area contributed by atoms with E-state index in [-0.39, 0.29) is 12.3 Å². The molecule has 1 N–H and O–H groups in total. The lowest BCUT2D eigenvalue weighted by atomic mass is 10.0. The summed E-state index contributed by atoms with van der Waals surface area (Å²) in [5, 5.41) is 4.40. The van der Waals surface area contributed by atoms with Crippen molar-refractivity contribution >= 4 is 11.6 Å². The van der Waals surface area contributed by atoms with Crippen molar-refractivity contribution in [2.75, 3.05) is 14.2 Å². The summed E-state index contributed by atoms with van der Waals surface area (Å²) < 4.78 is 10.5. The first kappa shape index (κ1) is 20.5. The highest BCUT2D eigenvalue weighted by Crippen LogP contribution is 2.27. The number of nitrogens with one attached hydrogen (secondary N) is 1. The number of carbonyl (C=O) groups is 1. The number of methoxy groups -OCH3 is 2. The van der Waals surface area contributed by atoms with Crippen LogP contribution in [0.25, 0.3) is 0 Å². The Morgan fingerprint density at radius 3 is 2.41 bits per heavy atom. The van der Waals surface area contributed by atoms with E-state index in [1.807, 2.05) is 42.5 Å². The lowest BCUT2D eigenvalue weighted by Crippen LogP contribution is -2.22. The van der Waals surface area contributed by atoms with Gasteiger partial charge < -0.3 is 9.47 Å². The molecule has 5 nitrogen and oxygen atoms in total. The Morgan fingerprint density at radius 2 is 1.74 bits per heavy atom. The molecule has 0 spiro atoms. The van der Waals surface area contributed by atoms with Gasteiger partial charge in [0.25, 0.3) is 0 Å². The van der Waals surface area contributed by atoms with Crippen LogP contribution >= 0.6 is 0 Å². The van der Waals surface area contributed by atoms with Crippen LogP contribution in [0.15, 0.2) is 53.6 Å². The number of carbonyl (C=O) groups excluding carboxylic acids is 1. The first-order chi connectivity index (χ1) is 13.2. The summed E-state index contributed by atoms with van der Waals surface area (Å²) in [7, 11) is 3.16. The van der Waals surface area contributed by atoms with Crippen LogP contribution in [0.2, 0.25) is 0 Å². The summed E-state index contributed by atoms with van der Waals surface area (Å²) in [6.45, 7) is 2.17. The van der Waals surface area contributed by atoms with Crippen molar-refractivity contribution in [3.05, 3.63) is 59.7 Å². The standard InChI is InChI=1S/C22H28N2O3/c1-4-5-7-12-19(18-10-8-6-9-11-18)23-24-22(25)16-17-13-14-20(26-2)21(15-17)27-3/h6,8-11,13-15H,4-5,7,12,16H2,1-3H3,(H,24,25)/b23-19-. The van der Waals surface area contributed by atoms with Crippen LogP contribution in [0.3, 0.4) is 0 Å². The van der Waals surface area contributed by atoms with Gasteiger partial charge in [-0.15, -0.1) is 0 Å². The maximum atomic E-state index is 12.3. The summed E-state index contributed by atoms with van der Waals surface area (Å²) in [6, 6.07) is 15.4. The molecule has 0 atom stereocenters. The predicted molar refractivity (Wildman–Crippen MR) is 109 cm³/mol. The fourth-order valence-electron chi connectivity index (χ4n) is 2.78. The topological polar surface area (TPSA) is 59.9 Å². The molecule has 0 aromatic heterocycles. The van der Waals surface area contributed by atoms with E-state index in [0.717, 1.165) is 42.5 Å². The Balaban J connectivity index is 2.05. The molecule has 0 fully saturated rings. The van der Waals surface area contributed by atoms with E-state index in [1.165, 1.54) is 0 Å². The van der Waals surface area contributed by atoms with E-state index in [0.29, 0.717) is 11.5 Å². The number of hydrogen-bond acceptors (Lipinski definition) is 4. The maximum Gasteiger partial charge on any atom is 0.244 e. The van der Waals surface area contributed by atoms with E-state index < -0.39 is 0 Å². The number of amides is 1. The van der Waals surface area contributed by atoms with Crippen molar-refractivity contribution in [1.82, 2.24) is 5.43 Å². The zero-order valence-corrected chi connectivity index (χ0v) is 16.3. The van der Waals surface area contributed by atoms with Gasteiger partial charge in [0, 0.05) is 0 Å². The number of ether oxygens (including phenoxy) is 2. The van der Waals surface area contributed by atoms with Crippen LogP contribution in [0.4, 0.5) is 0 Å². The predicted octanol–water partition coefficient (Wildman–Crippen LogP) is 4.35.